The molecule has 0 spiro atoms. The maximum absolute atomic E-state index is 12.5. The lowest BCUT2D eigenvalue weighted by Gasteiger charge is -2.11. The summed E-state index contributed by atoms with van der Waals surface area (Å²) in [4.78, 5) is 0. The molecule has 11 heavy (non-hydrogen) atoms. The van der Waals surface area contributed by atoms with Gasteiger partial charge >= 0.3 is 10.2 Å². The molecule has 0 aromatic carbocycles. The molecular weight excluding hydrogens is 181 g/mol. The van der Waals surface area contributed by atoms with E-state index in [0.717, 1.165) is 0 Å². The van der Waals surface area contributed by atoms with Gasteiger partial charge in [-0.1, -0.05) is 0 Å². The van der Waals surface area contributed by atoms with E-state index in [9.17, 15) is 21.1 Å². The van der Waals surface area contributed by atoms with Crippen molar-refractivity contribution < 1.29 is 21.1 Å². The van der Waals surface area contributed by atoms with Crippen molar-refractivity contribution in [2.75, 3.05) is 5.75 Å². The van der Waals surface area contributed by atoms with E-state index >= 15 is 0 Å². The third kappa shape index (κ3) is 2.69. The summed E-state index contributed by atoms with van der Waals surface area (Å²) in [6.45, 7) is 0. The Morgan fingerprint density at radius 2 is 1.82 bits per heavy atom. The molecule has 1 aliphatic carbocycles. The highest BCUT2D eigenvalue weighted by Crippen LogP contribution is 2.44. The van der Waals surface area contributed by atoms with E-state index in [1.165, 1.54) is 0 Å². The molecule has 0 aromatic rings. The maximum atomic E-state index is 12.5. The predicted molar refractivity (Wildman–Crippen MR) is 32.6 cm³/mol. The van der Waals surface area contributed by atoms with Crippen molar-refractivity contribution in [2.24, 2.45) is 5.92 Å². The van der Waals surface area contributed by atoms with E-state index in [1.54, 1.807) is 0 Å². The Kier molecular flexibility index (Phi) is 1.90. The maximum Gasteiger partial charge on any atom is 0.308 e. The van der Waals surface area contributed by atoms with Gasteiger partial charge in [-0.25, -0.2) is 8.78 Å². The average Bonchev–Trinajstić information content (AvgIpc) is 2.30. The van der Waals surface area contributed by atoms with E-state index in [4.69, 9.17) is 0 Å². The van der Waals surface area contributed by atoms with E-state index in [-0.39, 0.29) is 0 Å². The van der Waals surface area contributed by atoms with Gasteiger partial charge in [0.05, 0.1) is 0 Å². The summed E-state index contributed by atoms with van der Waals surface area (Å²) in [6.07, 6.45) is 0.588. The number of hydrogen-bond donors (Lipinski definition) is 0. The Morgan fingerprint density at radius 1 is 1.36 bits per heavy atom. The zero-order valence-electron chi connectivity index (χ0n) is 5.56. The minimum atomic E-state index is -5.04. The summed E-state index contributed by atoms with van der Waals surface area (Å²) < 4.78 is 56.4. The SMILES string of the molecule is O=S(=O)(F)CC(F)(F)C1CC1. The second-order valence-electron chi connectivity index (χ2n) is 2.72. The lowest BCUT2D eigenvalue weighted by atomic mass is 10.2. The predicted octanol–water partition coefficient (Wildman–Crippen LogP) is 1.33. The van der Waals surface area contributed by atoms with Gasteiger partial charge < -0.3 is 0 Å². The van der Waals surface area contributed by atoms with E-state index in [1.807, 2.05) is 0 Å². The topological polar surface area (TPSA) is 34.1 Å². The van der Waals surface area contributed by atoms with Crippen LogP contribution in [0.2, 0.25) is 0 Å². The van der Waals surface area contributed by atoms with Crippen LogP contribution in [0.25, 0.3) is 0 Å². The molecule has 0 heterocycles. The van der Waals surface area contributed by atoms with Crippen LogP contribution in [0.15, 0.2) is 0 Å². The molecule has 1 fully saturated rings. The van der Waals surface area contributed by atoms with Crippen molar-refractivity contribution in [3.63, 3.8) is 0 Å². The Labute approximate surface area is 62.6 Å². The zero-order chi connectivity index (χ0) is 8.70. The van der Waals surface area contributed by atoms with Crippen LogP contribution in [0, 0.1) is 5.92 Å². The molecule has 1 aliphatic rings. The molecule has 0 bridgehead atoms. The fourth-order valence-electron chi connectivity index (χ4n) is 0.853. The van der Waals surface area contributed by atoms with Gasteiger partial charge in [0.15, 0.2) is 0 Å². The van der Waals surface area contributed by atoms with Crippen LogP contribution < -0.4 is 0 Å². The Morgan fingerprint density at radius 3 is 2.09 bits per heavy atom. The van der Waals surface area contributed by atoms with Crippen molar-refractivity contribution in [3.05, 3.63) is 0 Å². The quantitative estimate of drug-likeness (QED) is 0.626. The third-order valence-electron chi connectivity index (χ3n) is 1.54. The zero-order valence-corrected chi connectivity index (χ0v) is 6.37. The monoisotopic (exact) mass is 188 g/mol. The molecular formula is C5H7F3O2S. The summed E-state index contributed by atoms with van der Waals surface area (Å²) in [6, 6.07) is 0. The first-order valence-corrected chi connectivity index (χ1v) is 4.67. The summed E-state index contributed by atoms with van der Waals surface area (Å²) in [5, 5.41) is 0. The van der Waals surface area contributed by atoms with Crippen LogP contribution in [0.3, 0.4) is 0 Å². The molecule has 0 radical (unpaired) electrons. The normalized spacial score (nSPS) is 20.3. The summed E-state index contributed by atoms with van der Waals surface area (Å²) in [5.41, 5.74) is 0. The fourth-order valence-corrected chi connectivity index (χ4v) is 1.55. The van der Waals surface area contributed by atoms with Crippen LogP contribution >= 0.6 is 0 Å². The Hall–Kier alpha value is -0.260. The first kappa shape index (κ1) is 8.83. The fraction of sp³-hybridized carbons (Fsp3) is 1.00. The van der Waals surface area contributed by atoms with Crippen LogP contribution in [0.1, 0.15) is 12.8 Å². The minimum absolute atomic E-state index is 0.294. The molecule has 0 amide bonds. The molecule has 0 aromatic heterocycles. The first-order chi connectivity index (χ1) is 4.81. The Balaban J connectivity index is 2.59. The molecule has 0 atom stereocenters. The molecule has 1 saturated carbocycles. The van der Waals surface area contributed by atoms with Crippen molar-refractivity contribution in [3.8, 4) is 0 Å². The number of halogens is 3. The van der Waals surface area contributed by atoms with E-state index in [2.05, 4.69) is 0 Å². The second kappa shape index (κ2) is 2.36. The smallest absolute Gasteiger partial charge is 0.205 e. The molecule has 0 aliphatic heterocycles. The molecule has 6 heteroatoms. The molecule has 0 unspecified atom stereocenters. The lowest BCUT2D eigenvalue weighted by molar-refractivity contribution is 0.00107. The van der Waals surface area contributed by atoms with Crippen molar-refractivity contribution >= 4 is 10.2 Å². The summed E-state index contributed by atoms with van der Waals surface area (Å²) >= 11 is 0. The van der Waals surface area contributed by atoms with Crippen molar-refractivity contribution in [1.82, 2.24) is 0 Å². The van der Waals surface area contributed by atoms with Gasteiger partial charge in [-0.15, -0.1) is 3.89 Å². The summed E-state index contributed by atoms with van der Waals surface area (Å²) in [7, 11) is -5.04. The standard InChI is InChI=1S/C5H7F3O2S/c6-5(7,4-1-2-4)3-11(8,9)10/h4H,1-3H2. The van der Waals surface area contributed by atoms with Gasteiger partial charge in [-0.3, -0.25) is 0 Å². The number of hydrogen-bond acceptors (Lipinski definition) is 2. The molecule has 66 valence electrons. The van der Waals surface area contributed by atoms with E-state index < -0.39 is 27.8 Å². The average molecular weight is 188 g/mol. The van der Waals surface area contributed by atoms with E-state index in [0.29, 0.717) is 12.8 Å². The molecule has 0 N–H and O–H groups in total. The van der Waals surface area contributed by atoms with Crippen LogP contribution in [0.5, 0.6) is 0 Å². The van der Waals surface area contributed by atoms with Crippen LogP contribution in [-0.4, -0.2) is 20.1 Å². The highest BCUT2D eigenvalue weighted by molar-refractivity contribution is 7.86. The van der Waals surface area contributed by atoms with Gasteiger partial charge in [0.2, 0.25) is 0 Å². The van der Waals surface area contributed by atoms with Gasteiger partial charge in [0, 0.05) is 5.92 Å². The van der Waals surface area contributed by atoms with Crippen molar-refractivity contribution in [2.45, 2.75) is 18.8 Å². The first-order valence-electron chi connectivity index (χ1n) is 3.11. The minimum Gasteiger partial charge on any atom is -0.205 e. The lowest BCUT2D eigenvalue weighted by Crippen LogP contribution is -2.28. The molecule has 1 rings (SSSR count). The largest absolute Gasteiger partial charge is 0.308 e. The van der Waals surface area contributed by atoms with Crippen LogP contribution in [-0.2, 0) is 10.2 Å². The van der Waals surface area contributed by atoms with Gasteiger partial charge in [0.25, 0.3) is 5.92 Å². The third-order valence-corrected chi connectivity index (χ3v) is 2.27. The highest BCUT2D eigenvalue weighted by atomic mass is 32.3. The molecule has 2 nitrogen and oxygen atoms in total. The highest BCUT2D eigenvalue weighted by Gasteiger charge is 2.49. The van der Waals surface area contributed by atoms with Gasteiger partial charge in [0.1, 0.15) is 5.75 Å². The van der Waals surface area contributed by atoms with Crippen LogP contribution in [0.4, 0.5) is 12.7 Å². The second-order valence-corrected chi connectivity index (χ2v) is 4.08. The van der Waals surface area contributed by atoms with Crippen molar-refractivity contribution in [1.29, 1.82) is 0 Å². The van der Waals surface area contributed by atoms with Gasteiger partial charge in [-0.2, -0.15) is 8.42 Å². The Bertz CT molecular complexity index is 242. The number of alkyl halides is 2. The molecule has 0 saturated heterocycles. The summed E-state index contributed by atoms with van der Waals surface area (Å²) in [5.74, 6) is -5.95. The number of rotatable bonds is 3. The van der Waals surface area contributed by atoms with Gasteiger partial charge in [-0.05, 0) is 12.8 Å².